The molecule has 0 spiro atoms. The van der Waals surface area contributed by atoms with Crippen molar-refractivity contribution in [3.05, 3.63) is 54.6 Å². The van der Waals surface area contributed by atoms with Gasteiger partial charge in [-0.05, 0) is 60.3 Å². The van der Waals surface area contributed by atoms with Crippen LogP contribution in [0.1, 0.15) is 19.8 Å². The summed E-state index contributed by atoms with van der Waals surface area (Å²) in [5.74, 6) is 2.72. The highest BCUT2D eigenvalue weighted by Crippen LogP contribution is 2.32. The highest BCUT2D eigenvalue weighted by molar-refractivity contribution is 6.05. The molecule has 0 saturated carbocycles. The molecule has 1 heterocycles. The van der Waals surface area contributed by atoms with Gasteiger partial charge in [0.25, 0.3) is 0 Å². The van der Waals surface area contributed by atoms with Crippen LogP contribution in [0.4, 0.5) is 0 Å². The molecular formula is C23H24N2O2. The molecule has 0 atom stereocenters. The van der Waals surface area contributed by atoms with E-state index in [2.05, 4.69) is 47.9 Å². The Balaban J connectivity index is 1.94. The summed E-state index contributed by atoms with van der Waals surface area (Å²) in [5.41, 5.74) is 3.31. The lowest BCUT2D eigenvalue weighted by atomic mass is 10.1. The molecule has 0 N–H and O–H groups in total. The number of aryl methyl sites for hydroxylation is 1. The molecule has 0 aliphatic heterocycles. The van der Waals surface area contributed by atoms with Crippen molar-refractivity contribution in [3.8, 4) is 22.9 Å². The van der Waals surface area contributed by atoms with Gasteiger partial charge >= 0.3 is 0 Å². The molecule has 0 aliphatic rings. The minimum atomic E-state index is 0.854. The average molecular weight is 360 g/mol. The van der Waals surface area contributed by atoms with E-state index in [-0.39, 0.29) is 0 Å². The Morgan fingerprint density at radius 3 is 2.33 bits per heavy atom. The molecule has 27 heavy (non-hydrogen) atoms. The molecule has 4 rings (SSSR count). The number of hydrogen-bond acceptors (Lipinski definition) is 3. The molecule has 0 aliphatic carbocycles. The fourth-order valence-electron chi connectivity index (χ4n) is 3.53. The minimum absolute atomic E-state index is 0.854. The smallest absolute Gasteiger partial charge is 0.141 e. The van der Waals surface area contributed by atoms with Crippen LogP contribution in [0.2, 0.25) is 0 Å². The second-order valence-corrected chi connectivity index (χ2v) is 6.69. The third kappa shape index (κ3) is 3.12. The van der Waals surface area contributed by atoms with E-state index >= 15 is 0 Å². The third-order valence-corrected chi connectivity index (χ3v) is 5.02. The van der Waals surface area contributed by atoms with Crippen molar-refractivity contribution in [1.29, 1.82) is 0 Å². The Bertz CT molecular complexity index is 1080. The number of hydrogen-bond donors (Lipinski definition) is 0. The van der Waals surface area contributed by atoms with E-state index in [9.17, 15) is 0 Å². The molecule has 0 unspecified atom stereocenters. The van der Waals surface area contributed by atoms with Gasteiger partial charge in [0.05, 0.1) is 25.3 Å². The summed E-state index contributed by atoms with van der Waals surface area (Å²) in [6, 6.07) is 18.6. The quantitative estimate of drug-likeness (QED) is 0.444. The van der Waals surface area contributed by atoms with Gasteiger partial charge in [-0.15, -0.1) is 0 Å². The molecule has 0 bridgehead atoms. The first-order valence-corrected chi connectivity index (χ1v) is 9.36. The predicted octanol–water partition coefficient (Wildman–Crippen LogP) is 5.67. The van der Waals surface area contributed by atoms with Crippen LogP contribution in [0.25, 0.3) is 33.2 Å². The number of fused-ring (bicyclic) bond motifs is 3. The molecule has 4 heteroatoms. The van der Waals surface area contributed by atoms with Crippen molar-refractivity contribution in [2.75, 3.05) is 14.2 Å². The van der Waals surface area contributed by atoms with E-state index in [0.29, 0.717) is 0 Å². The van der Waals surface area contributed by atoms with Crippen LogP contribution in [-0.2, 0) is 6.54 Å². The number of ether oxygens (including phenoxy) is 2. The molecule has 138 valence electrons. The SMILES string of the molecule is CCCCn1c(-c2ccc(OC)cc2)nc2c3ccc(OC)cc3ccc21. The summed E-state index contributed by atoms with van der Waals surface area (Å²) in [4.78, 5) is 5.06. The number of imidazole rings is 1. The minimum Gasteiger partial charge on any atom is -0.497 e. The van der Waals surface area contributed by atoms with Gasteiger partial charge < -0.3 is 14.0 Å². The number of unbranched alkanes of at least 4 members (excludes halogenated alkanes) is 1. The molecule has 3 aromatic carbocycles. The summed E-state index contributed by atoms with van der Waals surface area (Å²) >= 11 is 0. The zero-order chi connectivity index (χ0) is 18.8. The monoisotopic (exact) mass is 360 g/mol. The van der Waals surface area contributed by atoms with Crippen molar-refractivity contribution in [2.45, 2.75) is 26.3 Å². The Labute approximate surface area is 159 Å². The predicted molar refractivity (Wildman–Crippen MR) is 111 cm³/mol. The van der Waals surface area contributed by atoms with Gasteiger partial charge in [0.1, 0.15) is 17.3 Å². The van der Waals surface area contributed by atoms with E-state index < -0.39 is 0 Å². The Kier molecular flexibility index (Phi) is 4.71. The first-order valence-electron chi connectivity index (χ1n) is 9.36. The van der Waals surface area contributed by atoms with E-state index in [1.54, 1.807) is 14.2 Å². The van der Waals surface area contributed by atoms with Gasteiger partial charge in [0, 0.05) is 17.5 Å². The first-order chi connectivity index (χ1) is 13.2. The van der Waals surface area contributed by atoms with Crippen molar-refractivity contribution >= 4 is 21.8 Å². The summed E-state index contributed by atoms with van der Waals surface area (Å²) in [6.45, 7) is 3.17. The normalized spacial score (nSPS) is 11.2. The van der Waals surface area contributed by atoms with Crippen LogP contribution in [0.3, 0.4) is 0 Å². The second-order valence-electron chi connectivity index (χ2n) is 6.69. The topological polar surface area (TPSA) is 36.3 Å². The van der Waals surface area contributed by atoms with Gasteiger partial charge in [-0.3, -0.25) is 0 Å². The van der Waals surface area contributed by atoms with Crippen molar-refractivity contribution in [1.82, 2.24) is 9.55 Å². The standard InChI is InChI=1S/C23H24N2O2/c1-4-5-14-25-21-13-8-17-15-19(27-3)11-12-20(17)22(21)24-23(25)16-6-9-18(26-2)10-7-16/h6-13,15H,4-5,14H2,1-3H3. The molecule has 0 saturated heterocycles. The van der Waals surface area contributed by atoms with Gasteiger partial charge in [-0.25, -0.2) is 4.98 Å². The average Bonchev–Trinajstić information content (AvgIpc) is 3.10. The van der Waals surface area contributed by atoms with Crippen LogP contribution in [0, 0.1) is 0 Å². The van der Waals surface area contributed by atoms with Gasteiger partial charge in [-0.1, -0.05) is 19.4 Å². The number of benzene rings is 3. The van der Waals surface area contributed by atoms with E-state index in [4.69, 9.17) is 14.5 Å². The molecule has 4 aromatic rings. The Morgan fingerprint density at radius 1 is 0.889 bits per heavy atom. The highest BCUT2D eigenvalue weighted by Gasteiger charge is 2.15. The lowest BCUT2D eigenvalue weighted by molar-refractivity contribution is 0.415. The van der Waals surface area contributed by atoms with Crippen molar-refractivity contribution in [2.24, 2.45) is 0 Å². The zero-order valence-corrected chi connectivity index (χ0v) is 16.0. The Morgan fingerprint density at radius 2 is 1.63 bits per heavy atom. The number of rotatable bonds is 6. The molecule has 0 fully saturated rings. The fourth-order valence-corrected chi connectivity index (χ4v) is 3.53. The Hall–Kier alpha value is -3.01. The zero-order valence-electron chi connectivity index (χ0n) is 16.0. The summed E-state index contributed by atoms with van der Waals surface area (Å²) < 4.78 is 13.0. The lowest BCUT2D eigenvalue weighted by Gasteiger charge is -2.09. The van der Waals surface area contributed by atoms with Crippen molar-refractivity contribution < 1.29 is 9.47 Å². The molecule has 1 aromatic heterocycles. The van der Waals surface area contributed by atoms with E-state index in [1.807, 2.05) is 18.2 Å². The van der Waals surface area contributed by atoms with Gasteiger partial charge in [-0.2, -0.15) is 0 Å². The summed E-state index contributed by atoms with van der Waals surface area (Å²) in [5, 5.41) is 2.29. The summed E-state index contributed by atoms with van der Waals surface area (Å²) in [6.07, 6.45) is 2.27. The van der Waals surface area contributed by atoms with Crippen LogP contribution in [0.5, 0.6) is 11.5 Å². The van der Waals surface area contributed by atoms with Crippen LogP contribution < -0.4 is 9.47 Å². The maximum atomic E-state index is 5.37. The maximum absolute atomic E-state index is 5.37. The second kappa shape index (κ2) is 7.31. The number of aromatic nitrogens is 2. The largest absolute Gasteiger partial charge is 0.497 e. The summed E-state index contributed by atoms with van der Waals surface area (Å²) in [7, 11) is 3.38. The van der Waals surface area contributed by atoms with E-state index in [0.717, 1.165) is 58.6 Å². The van der Waals surface area contributed by atoms with Crippen LogP contribution >= 0.6 is 0 Å². The molecule has 0 amide bonds. The third-order valence-electron chi connectivity index (χ3n) is 5.02. The molecule has 0 radical (unpaired) electrons. The first kappa shape index (κ1) is 17.4. The maximum Gasteiger partial charge on any atom is 0.141 e. The molecular weight excluding hydrogens is 336 g/mol. The number of methoxy groups -OCH3 is 2. The van der Waals surface area contributed by atoms with Crippen LogP contribution in [0.15, 0.2) is 54.6 Å². The lowest BCUT2D eigenvalue weighted by Crippen LogP contribution is -2.00. The van der Waals surface area contributed by atoms with Gasteiger partial charge in [0.15, 0.2) is 0 Å². The molecule has 4 nitrogen and oxygen atoms in total. The van der Waals surface area contributed by atoms with Crippen LogP contribution in [-0.4, -0.2) is 23.8 Å². The van der Waals surface area contributed by atoms with E-state index in [1.165, 1.54) is 5.52 Å². The fraction of sp³-hybridized carbons (Fsp3) is 0.261. The highest BCUT2D eigenvalue weighted by atomic mass is 16.5. The van der Waals surface area contributed by atoms with Gasteiger partial charge in [0.2, 0.25) is 0 Å². The van der Waals surface area contributed by atoms with Crippen molar-refractivity contribution in [3.63, 3.8) is 0 Å². The number of nitrogens with zero attached hydrogens (tertiary/aromatic N) is 2.